The summed E-state index contributed by atoms with van der Waals surface area (Å²) < 4.78 is 5.90. The van der Waals surface area contributed by atoms with Crippen LogP contribution in [0.3, 0.4) is 0 Å². The number of ether oxygens (including phenoxy) is 1. The Hall–Kier alpha value is -0.770. The first-order valence-corrected chi connectivity index (χ1v) is 7.11. The molecule has 18 heavy (non-hydrogen) atoms. The molecule has 4 heteroatoms. The molecule has 2 aliphatic rings. The van der Waals surface area contributed by atoms with Gasteiger partial charge in [-0.1, -0.05) is 18.0 Å². The largest absolute Gasteiger partial charge is 0.488 e. The Morgan fingerprint density at radius 1 is 0.944 bits per heavy atom. The van der Waals surface area contributed by atoms with Gasteiger partial charge in [0.05, 0.1) is 13.1 Å². The van der Waals surface area contributed by atoms with Gasteiger partial charge in [0, 0.05) is 18.1 Å². The molecule has 0 unspecified atom stereocenters. The van der Waals surface area contributed by atoms with Gasteiger partial charge in [0.25, 0.3) is 0 Å². The number of piperidine rings is 1. The fourth-order valence-corrected chi connectivity index (χ4v) is 2.71. The first-order chi connectivity index (χ1) is 8.81. The van der Waals surface area contributed by atoms with Gasteiger partial charge in [-0.25, -0.2) is 10.0 Å². The van der Waals surface area contributed by atoms with E-state index in [-0.39, 0.29) is 0 Å². The summed E-state index contributed by atoms with van der Waals surface area (Å²) in [5, 5.41) is 5.65. The van der Waals surface area contributed by atoms with E-state index in [0.29, 0.717) is 6.10 Å². The predicted octanol–water partition coefficient (Wildman–Crippen LogP) is 2.80. The normalized spacial score (nSPS) is 22.7. The van der Waals surface area contributed by atoms with Gasteiger partial charge in [-0.15, -0.1) is 0 Å². The third-order valence-corrected chi connectivity index (χ3v) is 3.93. The number of hydrazine groups is 1. The molecule has 1 aromatic carbocycles. The van der Waals surface area contributed by atoms with Crippen LogP contribution in [0.4, 0.5) is 0 Å². The van der Waals surface area contributed by atoms with Crippen molar-refractivity contribution in [2.75, 3.05) is 26.2 Å². The van der Waals surface area contributed by atoms with Gasteiger partial charge in [-0.3, -0.25) is 0 Å². The Kier molecular flexibility index (Phi) is 3.73. The van der Waals surface area contributed by atoms with E-state index < -0.39 is 0 Å². The number of halogens is 1. The molecule has 0 bridgehead atoms. The second-order valence-corrected chi connectivity index (χ2v) is 5.52. The molecule has 2 heterocycles. The second-order valence-electron chi connectivity index (χ2n) is 5.08. The summed E-state index contributed by atoms with van der Waals surface area (Å²) in [6.07, 6.45) is 4.38. The molecule has 2 aliphatic heterocycles. The van der Waals surface area contributed by atoms with Gasteiger partial charge in [-0.05, 0) is 37.1 Å². The molecule has 0 N–H and O–H groups in total. The van der Waals surface area contributed by atoms with Gasteiger partial charge < -0.3 is 4.74 Å². The zero-order valence-corrected chi connectivity index (χ0v) is 11.3. The van der Waals surface area contributed by atoms with Crippen LogP contribution in [0.5, 0.6) is 5.75 Å². The van der Waals surface area contributed by atoms with Crippen LogP contribution >= 0.6 is 11.6 Å². The van der Waals surface area contributed by atoms with Crippen molar-refractivity contribution in [1.82, 2.24) is 10.0 Å². The fourth-order valence-electron chi connectivity index (χ4n) is 2.59. The van der Waals surface area contributed by atoms with Crippen molar-refractivity contribution in [3.63, 3.8) is 0 Å². The average molecular weight is 267 g/mol. The molecule has 2 saturated heterocycles. The molecule has 98 valence electrons. The minimum absolute atomic E-state index is 0.327. The second kappa shape index (κ2) is 5.47. The number of nitrogens with zero attached hydrogens (tertiary/aromatic N) is 2. The third-order valence-electron chi connectivity index (χ3n) is 3.68. The Bertz CT molecular complexity index is 383. The maximum atomic E-state index is 5.90. The van der Waals surface area contributed by atoms with E-state index in [0.717, 1.165) is 23.9 Å². The highest BCUT2D eigenvalue weighted by Crippen LogP contribution is 2.23. The Labute approximate surface area is 113 Å². The monoisotopic (exact) mass is 266 g/mol. The summed E-state index contributed by atoms with van der Waals surface area (Å²) in [6.45, 7) is 4.46. The molecule has 0 aliphatic carbocycles. The van der Waals surface area contributed by atoms with Crippen molar-refractivity contribution in [1.29, 1.82) is 0 Å². The van der Waals surface area contributed by atoms with Crippen molar-refractivity contribution in [2.45, 2.75) is 25.4 Å². The van der Waals surface area contributed by atoms with E-state index in [1.54, 1.807) is 0 Å². The van der Waals surface area contributed by atoms with E-state index in [2.05, 4.69) is 10.0 Å². The van der Waals surface area contributed by atoms with E-state index in [1.807, 2.05) is 24.3 Å². The molecule has 3 rings (SSSR count). The summed E-state index contributed by atoms with van der Waals surface area (Å²) in [7, 11) is 0. The van der Waals surface area contributed by atoms with Gasteiger partial charge >= 0.3 is 0 Å². The minimum Gasteiger partial charge on any atom is -0.488 e. The third kappa shape index (κ3) is 2.79. The number of benzene rings is 1. The number of rotatable bonds is 3. The van der Waals surface area contributed by atoms with Crippen LogP contribution in [0.2, 0.25) is 5.02 Å². The van der Waals surface area contributed by atoms with Crippen LogP contribution in [0.25, 0.3) is 0 Å². The van der Waals surface area contributed by atoms with E-state index in [1.165, 1.54) is 32.4 Å². The van der Waals surface area contributed by atoms with Crippen molar-refractivity contribution in [3.05, 3.63) is 29.3 Å². The Morgan fingerprint density at radius 3 is 2.28 bits per heavy atom. The number of hydrogen-bond acceptors (Lipinski definition) is 3. The molecule has 0 aromatic heterocycles. The minimum atomic E-state index is 0.327. The van der Waals surface area contributed by atoms with Gasteiger partial charge in [0.1, 0.15) is 11.9 Å². The first kappa shape index (κ1) is 12.3. The lowest BCUT2D eigenvalue weighted by Gasteiger charge is -2.46. The summed E-state index contributed by atoms with van der Waals surface area (Å²) in [5.74, 6) is 0.919. The molecule has 0 saturated carbocycles. The number of hydrogen-bond donors (Lipinski definition) is 0. The Balaban J connectivity index is 1.46. The maximum absolute atomic E-state index is 5.90. The van der Waals surface area contributed by atoms with E-state index >= 15 is 0 Å². The first-order valence-electron chi connectivity index (χ1n) is 6.73. The summed E-state index contributed by atoms with van der Waals surface area (Å²) in [6, 6.07) is 7.62. The molecule has 2 fully saturated rings. The molecule has 3 nitrogen and oxygen atoms in total. The lowest BCUT2D eigenvalue weighted by molar-refractivity contribution is -0.135. The summed E-state index contributed by atoms with van der Waals surface area (Å²) in [4.78, 5) is 0. The lowest BCUT2D eigenvalue weighted by Crippen LogP contribution is -2.61. The maximum Gasteiger partial charge on any atom is 0.127 e. The highest BCUT2D eigenvalue weighted by atomic mass is 35.5. The van der Waals surface area contributed by atoms with Crippen LogP contribution < -0.4 is 4.74 Å². The van der Waals surface area contributed by atoms with Crippen molar-refractivity contribution >= 4 is 11.6 Å². The molecule has 1 aromatic rings. The van der Waals surface area contributed by atoms with Crippen LogP contribution in [0.15, 0.2) is 24.3 Å². The molecular formula is C14H19ClN2O. The van der Waals surface area contributed by atoms with Crippen LogP contribution in [-0.2, 0) is 0 Å². The molecule has 0 spiro atoms. The van der Waals surface area contributed by atoms with Gasteiger partial charge in [0.15, 0.2) is 0 Å². The van der Waals surface area contributed by atoms with Crippen molar-refractivity contribution in [3.8, 4) is 5.75 Å². The van der Waals surface area contributed by atoms with Crippen LogP contribution in [-0.4, -0.2) is 42.3 Å². The molecule has 0 atom stereocenters. The van der Waals surface area contributed by atoms with Crippen molar-refractivity contribution in [2.24, 2.45) is 0 Å². The van der Waals surface area contributed by atoms with Gasteiger partial charge in [-0.2, -0.15) is 0 Å². The Morgan fingerprint density at radius 2 is 1.61 bits per heavy atom. The molecular weight excluding hydrogens is 248 g/mol. The standard InChI is InChI=1S/C14H19ClN2O/c15-12-4-6-13(7-5-12)18-14-10-17(11-14)16-8-2-1-3-9-16/h4-7,14H,1-3,8-11H2. The fraction of sp³-hybridized carbons (Fsp3) is 0.571. The highest BCUT2D eigenvalue weighted by Gasteiger charge is 2.33. The van der Waals surface area contributed by atoms with Gasteiger partial charge in [0.2, 0.25) is 0 Å². The average Bonchev–Trinajstić information content (AvgIpc) is 2.36. The zero-order valence-electron chi connectivity index (χ0n) is 10.5. The highest BCUT2D eigenvalue weighted by molar-refractivity contribution is 6.30. The summed E-state index contributed by atoms with van der Waals surface area (Å²) >= 11 is 5.85. The topological polar surface area (TPSA) is 15.7 Å². The smallest absolute Gasteiger partial charge is 0.127 e. The lowest BCUT2D eigenvalue weighted by atomic mass is 10.1. The van der Waals surface area contributed by atoms with Crippen molar-refractivity contribution < 1.29 is 4.74 Å². The predicted molar refractivity (Wildman–Crippen MR) is 72.9 cm³/mol. The quantitative estimate of drug-likeness (QED) is 0.837. The van der Waals surface area contributed by atoms with E-state index in [4.69, 9.17) is 16.3 Å². The zero-order chi connectivity index (χ0) is 12.4. The van der Waals surface area contributed by atoms with E-state index in [9.17, 15) is 0 Å². The SMILES string of the molecule is Clc1ccc(OC2CN(N3CCCCC3)C2)cc1. The van der Waals surface area contributed by atoms with Crippen LogP contribution in [0, 0.1) is 0 Å². The summed E-state index contributed by atoms with van der Waals surface area (Å²) in [5.41, 5.74) is 0. The molecule has 0 amide bonds. The molecule has 0 radical (unpaired) electrons. The van der Waals surface area contributed by atoms with Crippen LogP contribution in [0.1, 0.15) is 19.3 Å².